The van der Waals surface area contributed by atoms with Gasteiger partial charge >= 0.3 is 6.18 Å². The molecule has 2 rings (SSSR count). The van der Waals surface area contributed by atoms with Gasteiger partial charge in [0, 0.05) is 13.2 Å². The van der Waals surface area contributed by atoms with Crippen molar-refractivity contribution >= 4 is 5.71 Å². The number of aromatic nitrogens is 2. The molecule has 0 saturated carbocycles. The van der Waals surface area contributed by atoms with Crippen LogP contribution in [-0.4, -0.2) is 21.2 Å². The fourth-order valence-electron chi connectivity index (χ4n) is 1.96. The molecular weight excluding hydrogens is 259 g/mol. The zero-order valence-corrected chi connectivity index (χ0v) is 10.7. The van der Waals surface area contributed by atoms with Gasteiger partial charge in [-0.25, -0.2) is 0 Å². The lowest BCUT2D eigenvalue weighted by atomic mass is 9.99. The third-order valence-corrected chi connectivity index (χ3v) is 2.65. The number of nitrogens with one attached hydrogen (secondary N) is 1. The van der Waals surface area contributed by atoms with Gasteiger partial charge in [0.25, 0.3) is 0 Å². The van der Waals surface area contributed by atoms with Crippen LogP contribution in [0, 0.1) is 0 Å². The summed E-state index contributed by atoms with van der Waals surface area (Å²) in [7, 11) is 1.43. The van der Waals surface area contributed by atoms with Gasteiger partial charge in [-0.1, -0.05) is 0 Å². The summed E-state index contributed by atoms with van der Waals surface area (Å²) >= 11 is 0. The van der Waals surface area contributed by atoms with Crippen LogP contribution in [0.4, 0.5) is 13.2 Å². The quantitative estimate of drug-likeness (QED) is 0.812. The molecule has 104 valence electrons. The first kappa shape index (κ1) is 13.6. The number of halogens is 3. The molecule has 0 amide bonds. The molecule has 0 radical (unpaired) electrons. The lowest BCUT2D eigenvalue weighted by Crippen LogP contribution is -2.49. The van der Waals surface area contributed by atoms with Crippen molar-refractivity contribution in [3.63, 3.8) is 0 Å². The van der Waals surface area contributed by atoms with E-state index in [0.717, 1.165) is 4.68 Å². The minimum absolute atomic E-state index is 0.0632. The van der Waals surface area contributed by atoms with Crippen LogP contribution >= 0.6 is 0 Å². The second-order valence-electron chi connectivity index (χ2n) is 4.75. The van der Waals surface area contributed by atoms with Crippen LogP contribution in [0.2, 0.25) is 0 Å². The van der Waals surface area contributed by atoms with Gasteiger partial charge in [0.15, 0.2) is 5.69 Å². The monoisotopic (exact) mass is 273 g/mol. The standard InChI is InChI=1S/C11H14F3N5/c1-6-4-10(2,15)18-16-8(6)7-5-19(3)17-9(7)11(12,13)14/h4-5,18H,15H2,1-3H3. The van der Waals surface area contributed by atoms with Gasteiger partial charge in [-0.3, -0.25) is 10.1 Å². The highest BCUT2D eigenvalue weighted by atomic mass is 19.4. The van der Waals surface area contributed by atoms with E-state index in [4.69, 9.17) is 5.73 Å². The highest BCUT2D eigenvalue weighted by Crippen LogP contribution is 2.32. The highest BCUT2D eigenvalue weighted by Gasteiger charge is 2.39. The summed E-state index contributed by atoms with van der Waals surface area (Å²) in [5, 5.41) is 7.39. The lowest BCUT2D eigenvalue weighted by Gasteiger charge is -2.26. The van der Waals surface area contributed by atoms with Crippen LogP contribution in [0.25, 0.3) is 0 Å². The van der Waals surface area contributed by atoms with Crippen LogP contribution < -0.4 is 11.2 Å². The van der Waals surface area contributed by atoms with Gasteiger partial charge in [-0.05, 0) is 25.5 Å². The van der Waals surface area contributed by atoms with Gasteiger partial charge < -0.3 is 5.73 Å². The molecule has 1 aromatic rings. The molecule has 1 unspecified atom stereocenters. The summed E-state index contributed by atoms with van der Waals surface area (Å²) in [5.41, 5.74) is 7.29. The highest BCUT2D eigenvalue weighted by molar-refractivity contribution is 6.13. The summed E-state index contributed by atoms with van der Waals surface area (Å²) in [6, 6.07) is 0. The molecule has 0 spiro atoms. The van der Waals surface area contributed by atoms with Crippen molar-refractivity contribution in [3.8, 4) is 0 Å². The first-order valence-corrected chi connectivity index (χ1v) is 5.55. The van der Waals surface area contributed by atoms with Crippen LogP contribution in [0.15, 0.2) is 22.9 Å². The maximum Gasteiger partial charge on any atom is 0.435 e. The summed E-state index contributed by atoms with van der Waals surface area (Å²) in [5.74, 6) is 0. The molecule has 0 aromatic carbocycles. The Morgan fingerprint density at radius 1 is 1.42 bits per heavy atom. The van der Waals surface area contributed by atoms with E-state index < -0.39 is 17.5 Å². The fraction of sp³-hybridized carbons (Fsp3) is 0.455. The Hall–Kier alpha value is -1.83. The Kier molecular flexibility index (Phi) is 2.93. The molecule has 1 aliphatic heterocycles. The summed E-state index contributed by atoms with van der Waals surface area (Å²) in [6.45, 7) is 3.34. The SMILES string of the molecule is CC1=CC(C)(N)NN=C1c1cn(C)nc1C(F)(F)F. The molecule has 8 heteroatoms. The first-order chi connectivity index (χ1) is 8.60. The predicted octanol–water partition coefficient (Wildman–Crippen LogP) is 1.37. The molecule has 1 aromatic heterocycles. The molecule has 1 atom stereocenters. The third-order valence-electron chi connectivity index (χ3n) is 2.65. The van der Waals surface area contributed by atoms with E-state index in [0.29, 0.717) is 5.57 Å². The maximum absolute atomic E-state index is 12.9. The van der Waals surface area contributed by atoms with Gasteiger partial charge in [-0.15, -0.1) is 0 Å². The minimum atomic E-state index is -4.52. The largest absolute Gasteiger partial charge is 0.435 e. The summed E-state index contributed by atoms with van der Waals surface area (Å²) < 4.78 is 39.8. The van der Waals surface area contributed by atoms with Gasteiger partial charge in [0.2, 0.25) is 0 Å². The minimum Gasteiger partial charge on any atom is -0.305 e. The van der Waals surface area contributed by atoms with Crippen LogP contribution in [-0.2, 0) is 13.2 Å². The van der Waals surface area contributed by atoms with Gasteiger partial charge in [-0.2, -0.15) is 23.4 Å². The third kappa shape index (κ3) is 2.62. The van der Waals surface area contributed by atoms with E-state index in [-0.39, 0.29) is 11.3 Å². The number of nitrogens with zero attached hydrogens (tertiary/aromatic N) is 3. The Bertz CT molecular complexity index is 565. The molecule has 0 bridgehead atoms. The van der Waals surface area contributed by atoms with E-state index in [9.17, 15) is 13.2 Å². The Morgan fingerprint density at radius 2 is 2.05 bits per heavy atom. The maximum atomic E-state index is 12.9. The average molecular weight is 273 g/mol. The van der Waals surface area contributed by atoms with Crippen LogP contribution in [0.3, 0.4) is 0 Å². The smallest absolute Gasteiger partial charge is 0.305 e. The molecule has 3 N–H and O–H groups in total. The van der Waals surface area contributed by atoms with E-state index >= 15 is 0 Å². The summed E-state index contributed by atoms with van der Waals surface area (Å²) in [6.07, 6.45) is -1.61. The lowest BCUT2D eigenvalue weighted by molar-refractivity contribution is -0.141. The van der Waals surface area contributed by atoms with Crippen molar-refractivity contribution in [2.24, 2.45) is 17.9 Å². The van der Waals surface area contributed by atoms with Crippen molar-refractivity contribution < 1.29 is 13.2 Å². The second-order valence-corrected chi connectivity index (χ2v) is 4.75. The Balaban J connectivity index is 2.50. The number of alkyl halides is 3. The van der Waals surface area contributed by atoms with Crippen molar-refractivity contribution in [2.45, 2.75) is 25.7 Å². The molecule has 2 heterocycles. The average Bonchev–Trinajstić information content (AvgIpc) is 2.58. The zero-order chi connectivity index (χ0) is 14.4. The molecular formula is C11H14F3N5. The number of hydrogen-bond acceptors (Lipinski definition) is 4. The normalized spacial score (nSPS) is 23.7. The topological polar surface area (TPSA) is 68.2 Å². The van der Waals surface area contributed by atoms with E-state index in [2.05, 4.69) is 15.6 Å². The first-order valence-electron chi connectivity index (χ1n) is 5.55. The van der Waals surface area contributed by atoms with E-state index in [1.807, 2.05) is 0 Å². The Morgan fingerprint density at radius 3 is 2.58 bits per heavy atom. The van der Waals surface area contributed by atoms with Crippen molar-refractivity contribution in [2.75, 3.05) is 0 Å². The number of aryl methyl sites for hydroxylation is 1. The van der Waals surface area contributed by atoms with Crippen molar-refractivity contribution in [1.29, 1.82) is 0 Å². The number of allylic oxidation sites excluding steroid dienone is 1. The van der Waals surface area contributed by atoms with E-state index in [1.165, 1.54) is 13.2 Å². The van der Waals surface area contributed by atoms with Gasteiger partial charge in [0.05, 0.1) is 11.3 Å². The number of hydrogen-bond donors (Lipinski definition) is 2. The molecule has 5 nitrogen and oxygen atoms in total. The molecule has 1 aliphatic rings. The summed E-state index contributed by atoms with van der Waals surface area (Å²) in [4.78, 5) is 0. The van der Waals surface area contributed by atoms with Crippen LogP contribution in [0.1, 0.15) is 25.1 Å². The number of rotatable bonds is 1. The van der Waals surface area contributed by atoms with Crippen molar-refractivity contribution in [3.05, 3.63) is 29.1 Å². The number of nitrogens with two attached hydrogens (primary N) is 1. The Labute approximate surface area is 108 Å². The van der Waals surface area contributed by atoms with Crippen LogP contribution in [0.5, 0.6) is 0 Å². The molecule has 19 heavy (non-hydrogen) atoms. The molecule has 0 aliphatic carbocycles. The van der Waals surface area contributed by atoms with E-state index in [1.54, 1.807) is 19.9 Å². The second kappa shape index (κ2) is 4.09. The van der Waals surface area contributed by atoms with Gasteiger partial charge in [0.1, 0.15) is 5.66 Å². The molecule has 0 fully saturated rings. The van der Waals surface area contributed by atoms with Crippen molar-refractivity contribution in [1.82, 2.24) is 15.2 Å². The molecule has 0 saturated heterocycles. The fourth-order valence-corrected chi connectivity index (χ4v) is 1.96. The predicted molar refractivity (Wildman–Crippen MR) is 64.2 cm³/mol. The zero-order valence-electron chi connectivity index (χ0n) is 10.7. The number of hydrazone groups is 1.